The summed E-state index contributed by atoms with van der Waals surface area (Å²) in [4.78, 5) is 7.19. The van der Waals surface area contributed by atoms with Crippen molar-refractivity contribution in [3.05, 3.63) is 25.5 Å². The highest BCUT2D eigenvalue weighted by Crippen LogP contribution is 2.32. The molecule has 0 amide bonds. The molecule has 1 N–H and O–H groups in total. The van der Waals surface area contributed by atoms with Crippen LogP contribution in [0.15, 0.2) is 16.9 Å². The predicted molar refractivity (Wildman–Crippen MR) is 61.5 cm³/mol. The van der Waals surface area contributed by atoms with E-state index >= 15 is 0 Å². The third-order valence-corrected chi connectivity index (χ3v) is 3.74. The Hall–Kier alpha value is 0.190. The molecule has 2 rings (SSSR count). The number of nitrogens with zero attached hydrogens (tertiary/aromatic N) is 1. The molecule has 5 heteroatoms. The molecule has 0 fully saturated rings. The SMILES string of the molecule is Clc1cnc2[nH]cc(I)c2c1Br. The molecule has 0 radical (unpaired) electrons. The monoisotopic (exact) mass is 356 g/mol. The molecular formula is C7H3BrClIN2. The van der Waals surface area contributed by atoms with Gasteiger partial charge in [0, 0.05) is 25.8 Å². The highest BCUT2D eigenvalue weighted by atomic mass is 127. The molecule has 2 heterocycles. The molecule has 0 unspecified atom stereocenters. The van der Waals surface area contributed by atoms with Crippen molar-refractivity contribution in [2.75, 3.05) is 0 Å². The highest BCUT2D eigenvalue weighted by Gasteiger charge is 2.08. The number of aromatic nitrogens is 2. The molecule has 2 aromatic rings. The van der Waals surface area contributed by atoms with Crippen molar-refractivity contribution in [2.45, 2.75) is 0 Å². The quantitative estimate of drug-likeness (QED) is 0.718. The van der Waals surface area contributed by atoms with Crippen molar-refractivity contribution < 1.29 is 0 Å². The second-order valence-electron chi connectivity index (χ2n) is 2.28. The zero-order valence-electron chi connectivity index (χ0n) is 5.74. The summed E-state index contributed by atoms with van der Waals surface area (Å²) in [6.45, 7) is 0. The zero-order valence-corrected chi connectivity index (χ0v) is 10.2. The van der Waals surface area contributed by atoms with Crippen LogP contribution in [0.4, 0.5) is 0 Å². The highest BCUT2D eigenvalue weighted by molar-refractivity contribution is 14.1. The Kier molecular flexibility index (Phi) is 2.31. The first-order chi connectivity index (χ1) is 5.70. The van der Waals surface area contributed by atoms with E-state index in [-0.39, 0.29) is 0 Å². The third kappa shape index (κ3) is 1.25. The summed E-state index contributed by atoms with van der Waals surface area (Å²) >= 11 is 11.5. The smallest absolute Gasteiger partial charge is 0.139 e. The second-order valence-corrected chi connectivity index (χ2v) is 4.64. The van der Waals surface area contributed by atoms with Crippen LogP contribution in [0.2, 0.25) is 5.02 Å². The summed E-state index contributed by atoms with van der Waals surface area (Å²) in [5.41, 5.74) is 0.857. The number of H-pyrrole nitrogens is 1. The molecule has 0 aromatic carbocycles. The van der Waals surface area contributed by atoms with Gasteiger partial charge in [0.25, 0.3) is 0 Å². The van der Waals surface area contributed by atoms with Gasteiger partial charge in [0.1, 0.15) is 5.65 Å². The van der Waals surface area contributed by atoms with Crippen LogP contribution < -0.4 is 0 Å². The Labute approximate surface area is 96.0 Å². The minimum absolute atomic E-state index is 0.639. The van der Waals surface area contributed by atoms with E-state index in [1.165, 1.54) is 0 Å². The van der Waals surface area contributed by atoms with Gasteiger partial charge >= 0.3 is 0 Å². The number of halogens is 3. The lowest BCUT2D eigenvalue weighted by Crippen LogP contribution is -1.78. The standard InChI is InChI=1S/C7H3BrClIN2/c8-6-3(9)1-11-7-5(6)4(10)2-12-7/h1-2H,(H,11,12). The van der Waals surface area contributed by atoms with Crippen molar-refractivity contribution in [2.24, 2.45) is 0 Å². The summed E-state index contributed by atoms with van der Waals surface area (Å²) in [7, 11) is 0. The Morgan fingerprint density at radius 1 is 1.58 bits per heavy atom. The molecule has 0 atom stereocenters. The lowest BCUT2D eigenvalue weighted by atomic mass is 10.3. The first kappa shape index (κ1) is 8.77. The lowest BCUT2D eigenvalue weighted by molar-refractivity contribution is 1.32. The van der Waals surface area contributed by atoms with Crippen molar-refractivity contribution in [3.63, 3.8) is 0 Å². The zero-order chi connectivity index (χ0) is 8.72. The number of hydrogen-bond acceptors (Lipinski definition) is 1. The predicted octanol–water partition coefficient (Wildman–Crippen LogP) is 3.58. The van der Waals surface area contributed by atoms with Gasteiger partial charge in [-0.2, -0.15) is 0 Å². The summed E-state index contributed by atoms with van der Waals surface area (Å²) < 4.78 is 2.02. The molecule has 0 saturated carbocycles. The summed E-state index contributed by atoms with van der Waals surface area (Å²) in [5.74, 6) is 0. The fraction of sp³-hybridized carbons (Fsp3) is 0. The fourth-order valence-corrected chi connectivity index (χ4v) is 2.70. The van der Waals surface area contributed by atoms with Crippen LogP contribution in [-0.4, -0.2) is 9.97 Å². The largest absolute Gasteiger partial charge is 0.345 e. The summed E-state index contributed by atoms with van der Waals surface area (Å²) in [5, 5.41) is 1.68. The first-order valence-corrected chi connectivity index (χ1v) is 5.41. The summed E-state index contributed by atoms with van der Waals surface area (Å²) in [6.07, 6.45) is 3.53. The van der Waals surface area contributed by atoms with E-state index in [1.54, 1.807) is 6.20 Å². The van der Waals surface area contributed by atoms with E-state index in [2.05, 4.69) is 48.5 Å². The first-order valence-electron chi connectivity index (χ1n) is 3.16. The normalized spacial score (nSPS) is 10.9. The maximum atomic E-state index is 5.89. The van der Waals surface area contributed by atoms with Crippen LogP contribution >= 0.6 is 50.1 Å². The average molecular weight is 357 g/mol. The van der Waals surface area contributed by atoms with E-state index in [9.17, 15) is 0 Å². The van der Waals surface area contributed by atoms with Gasteiger partial charge in [-0.1, -0.05) is 11.6 Å². The number of rotatable bonds is 0. The Bertz CT molecular complexity index is 440. The Morgan fingerprint density at radius 3 is 3.08 bits per heavy atom. The van der Waals surface area contributed by atoms with Gasteiger partial charge in [0.15, 0.2) is 0 Å². The van der Waals surface area contributed by atoms with Crippen LogP contribution in [-0.2, 0) is 0 Å². The number of hydrogen-bond donors (Lipinski definition) is 1. The average Bonchev–Trinajstić information content (AvgIpc) is 2.41. The van der Waals surface area contributed by atoms with Crippen molar-refractivity contribution in [1.29, 1.82) is 0 Å². The van der Waals surface area contributed by atoms with Crippen LogP contribution in [0, 0.1) is 3.57 Å². The van der Waals surface area contributed by atoms with E-state index in [1.807, 2.05) is 6.20 Å². The maximum Gasteiger partial charge on any atom is 0.139 e. The Morgan fingerprint density at radius 2 is 2.33 bits per heavy atom. The van der Waals surface area contributed by atoms with E-state index in [4.69, 9.17) is 11.6 Å². The molecule has 0 aliphatic rings. The fourth-order valence-electron chi connectivity index (χ4n) is 0.997. The number of fused-ring (bicyclic) bond motifs is 1. The third-order valence-electron chi connectivity index (χ3n) is 1.55. The molecule has 2 aromatic heterocycles. The maximum absolute atomic E-state index is 5.89. The van der Waals surface area contributed by atoms with Gasteiger partial charge in [-0.25, -0.2) is 4.98 Å². The van der Waals surface area contributed by atoms with Crippen LogP contribution in [0.5, 0.6) is 0 Å². The van der Waals surface area contributed by atoms with E-state index in [0.29, 0.717) is 5.02 Å². The molecule has 2 nitrogen and oxygen atoms in total. The Balaban J connectivity index is 2.96. The van der Waals surface area contributed by atoms with E-state index < -0.39 is 0 Å². The van der Waals surface area contributed by atoms with Crippen molar-refractivity contribution in [1.82, 2.24) is 9.97 Å². The van der Waals surface area contributed by atoms with Gasteiger partial charge in [-0.15, -0.1) is 0 Å². The number of nitrogens with one attached hydrogen (secondary N) is 1. The minimum Gasteiger partial charge on any atom is -0.345 e. The second kappa shape index (κ2) is 3.16. The molecule has 0 bridgehead atoms. The van der Waals surface area contributed by atoms with Gasteiger partial charge < -0.3 is 4.98 Å². The molecule has 0 spiro atoms. The number of aromatic amines is 1. The molecule has 12 heavy (non-hydrogen) atoms. The van der Waals surface area contributed by atoms with Gasteiger partial charge in [-0.3, -0.25) is 0 Å². The lowest BCUT2D eigenvalue weighted by Gasteiger charge is -1.96. The number of pyridine rings is 1. The molecule has 62 valence electrons. The topological polar surface area (TPSA) is 28.7 Å². The molecular weight excluding hydrogens is 354 g/mol. The van der Waals surface area contributed by atoms with Crippen LogP contribution in [0.1, 0.15) is 0 Å². The molecule has 0 aliphatic heterocycles. The van der Waals surface area contributed by atoms with Gasteiger partial charge in [-0.05, 0) is 38.5 Å². The van der Waals surface area contributed by atoms with Crippen LogP contribution in [0.25, 0.3) is 11.0 Å². The molecule has 0 aliphatic carbocycles. The van der Waals surface area contributed by atoms with Crippen LogP contribution in [0.3, 0.4) is 0 Å². The molecule has 0 saturated heterocycles. The minimum atomic E-state index is 0.639. The van der Waals surface area contributed by atoms with E-state index in [0.717, 1.165) is 19.1 Å². The van der Waals surface area contributed by atoms with Gasteiger partial charge in [0.2, 0.25) is 0 Å². The van der Waals surface area contributed by atoms with Crippen molar-refractivity contribution >= 4 is 61.2 Å². The van der Waals surface area contributed by atoms with Gasteiger partial charge in [0.05, 0.1) is 5.02 Å². The van der Waals surface area contributed by atoms with Crippen molar-refractivity contribution in [3.8, 4) is 0 Å². The summed E-state index contributed by atoms with van der Waals surface area (Å²) in [6, 6.07) is 0.